The molecule has 1 N–H and O–H groups in total. The Balaban J connectivity index is 1.42. The van der Waals surface area contributed by atoms with E-state index in [0.717, 1.165) is 20.3 Å². The third-order valence-electron chi connectivity index (χ3n) is 4.67. The van der Waals surface area contributed by atoms with Gasteiger partial charge in [-0.25, -0.2) is 0 Å². The van der Waals surface area contributed by atoms with Gasteiger partial charge in [0.05, 0.1) is 0 Å². The molecule has 0 atom stereocenters. The maximum Gasteiger partial charge on any atom is 0.291 e. The summed E-state index contributed by atoms with van der Waals surface area (Å²) in [5, 5.41) is 12.9. The molecule has 0 saturated heterocycles. The van der Waals surface area contributed by atoms with Gasteiger partial charge in [-0.1, -0.05) is 41.3 Å². The number of carbonyl (C=O) groups excluding carboxylic acids is 1. The quantitative estimate of drug-likeness (QED) is 0.391. The molecule has 0 unspecified atom stereocenters. The van der Waals surface area contributed by atoms with Crippen LogP contribution in [0, 0.1) is 6.92 Å². The highest BCUT2D eigenvalue weighted by atomic mass is 32.2. The van der Waals surface area contributed by atoms with E-state index in [0.29, 0.717) is 28.5 Å². The van der Waals surface area contributed by atoms with Crippen LogP contribution in [0.4, 0.5) is 5.69 Å². The Morgan fingerprint density at radius 3 is 2.74 bits per heavy atom. The van der Waals surface area contributed by atoms with Crippen molar-refractivity contribution in [2.75, 3.05) is 5.32 Å². The second kappa shape index (κ2) is 7.58. The van der Waals surface area contributed by atoms with Crippen molar-refractivity contribution in [2.24, 2.45) is 0 Å². The first kappa shape index (κ1) is 19.9. The fraction of sp³-hybridized carbons (Fsp3) is 0.227. The number of fused-ring (bicyclic) bond motifs is 2. The molecule has 0 bridgehead atoms. The van der Waals surface area contributed by atoms with E-state index in [1.54, 1.807) is 18.2 Å². The molecule has 5 rings (SSSR count). The lowest BCUT2D eigenvalue weighted by atomic mass is 10.1. The molecule has 3 heterocycles. The summed E-state index contributed by atoms with van der Waals surface area (Å²) in [6.07, 6.45) is 0. The summed E-state index contributed by atoms with van der Waals surface area (Å²) in [5.41, 5.74) is 2.10. The SMILES string of the molecule is Cc1nnc(SCc2c(C(=O)Nc3ccc4c(c3)OC(C)(C)O4)oc3ccccc23)s1. The zero-order valence-electron chi connectivity index (χ0n) is 17.1. The summed E-state index contributed by atoms with van der Waals surface area (Å²) >= 11 is 3.06. The van der Waals surface area contributed by atoms with Crippen molar-refractivity contribution in [3.63, 3.8) is 0 Å². The molecule has 1 amide bonds. The fourth-order valence-corrected chi connectivity index (χ4v) is 5.23. The van der Waals surface area contributed by atoms with E-state index in [-0.39, 0.29) is 11.7 Å². The van der Waals surface area contributed by atoms with Gasteiger partial charge in [0.2, 0.25) is 5.79 Å². The molecule has 0 radical (unpaired) electrons. The van der Waals surface area contributed by atoms with Crippen molar-refractivity contribution in [3.05, 3.63) is 58.8 Å². The molecule has 4 aromatic rings. The number of hydrogen-bond acceptors (Lipinski definition) is 8. The van der Waals surface area contributed by atoms with Gasteiger partial charge in [-0.3, -0.25) is 4.79 Å². The number of hydrogen-bond donors (Lipinski definition) is 1. The Morgan fingerprint density at radius 1 is 1.13 bits per heavy atom. The number of nitrogens with one attached hydrogen (secondary N) is 1. The largest absolute Gasteiger partial charge is 0.451 e. The Morgan fingerprint density at radius 2 is 1.94 bits per heavy atom. The summed E-state index contributed by atoms with van der Waals surface area (Å²) < 4.78 is 18.3. The van der Waals surface area contributed by atoms with Gasteiger partial charge >= 0.3 is 0 Å². The van der Waals surface area contributed by atoms with Crippen LogP contribution >= 0.6 is 23.1 Å². The number of para-hydroxylation sites is 1. The zero-order chi connectivity index (χ0) is 21.6. The summed E-state index contributed by atoms with van der Waals surface area (Å²) in [7, 11) is 0. The van der Waals surface area contributed by atoms with Gasteiger partial charge in [-0.05, 0) is 25.1 Å². The van der Waals surface area contributed by atoms with Gasteiger partial charge in [-0.2, -0.15) is 0 Å². The average molecular weight is 454 g/mol. The standard InChI is InChI=1S/C22H19N3O4S2/c1-12-24-25-21(31-12)30-11-15-14-6-4-5-7-16(14)27-19(15)20(26)23-13-8-9-17-18(10-13)29-22(2,3)28-17/h4-10H,11H2,1-3H3,(H,23,26). The van der Waals surface area contributed by atoms with Crippen molar-refractivity contribution in [2.45, 2.75) is 36.7 Å². The first-order chi connectivity index (χ1) is 14.9. The predicted molar refractivity (Wildman–Crippen MR) is 120 cm³/mol. The van der Waals surface area contributed by atoms with E-state index in [1.165, 1.54) is 23.1 Å². The first-order valence-electron chi connectivity index (χ1n) is 9.65. The van der Waals surface area contributed by atoms with E-state index < -0.39 is 5.79 Å². The third-order valence-corrected chi connectivity index (χ3v) is 6.66. The molecule has 0 spiro atoms. The van der Waals surface area contributed by atoms with Crippen LogP contribution in [0.5, 0.6) is 11.5 Å². The molecule has 2 aromatic heterocycles. The maximum absolute atomic E-state index is 13.1. The smallest absolute Gasteiger partial charge is 0.291 e. The number of carbonyl (C=O) groups is 1. The zero-order valence-corrected chi connectivity index (χ0v) is 18.7. The lowest BCUT2D eigenvalue weighted by Gasteiger charge is -2.16. The number of rotatable bonds is 5. The summed E-state index contributed by atoms with van der Waals surface area (Å²) in [6.45, 7) is 5.59. The minimum atomic E-state index is -0.725. The normalized spacial score (nSPS) is 14.2. The summed E-state index contributed by atoms with van der Waals surface area (Å²) in [4.78, 5) is 13.1. The molecule has 1 aliphatic heterocycles. The molecule has 2 aromatic carbocycles. The van der Waals surface area contributed by atoms with Crippen LogP contribution in [0.2, 0.25) is 0 Å². The number of benzene rings is 2. The van der Waals surface area contributed by atoms with Crippen LogP contribution in [0.15, 0.2) is 51.2 Å². The maximum atomic E-state index is 13.1. The van der Waals surface area contributed by atoms with Crippen LogP contribution in [0.1, 0.15) is 35.0 Å². The van der Waals surface area contributed by atoms with Crippen LogP contribution in [0.25, 0.3) is 11.0 Å². The summed E-state index contributed by atoms with van der Waals surface area (Å²) in [6, 6.07) is 13.0. The second-order valence-electron chi connectivity index (χ2n) is 7.50. The number of ether oxygens (including phenoxy) is 2. The number of anilines is 1. The minimum Gasteiger partial charge on any atom is -0.451 e. The second-order valence-corrected chi connectivity index (χ2v) is 9.91. The van der Waals surface area contributed by atoms with Crippen molar-refractivity contribution >= 4 is 45.7 Å². The monoisotopic (exact) mass is 453 g/mol. The number of aryl methyl sites for hydroxylation is 1. The van der Waals surface area contributed by atoms with E-state index in [4.69, 9.17) is 13.9 Å². The number of aromatic nitrogens is 2. The molecular formula is C22H19N3O4S2. The molecule has 0 fully saturated rings. The van der Waals surface area contributed by atoms with Gasteiger partial charge in [0.25, 0.3) is 5.91 Å². The van der Waals surface area contributed by atoms with Crippen molar-refractivity contribution in [1.29, 1.82) is 0 Å². The fourth-order valence-electron chi connectivity index (χ4n) is 3.38. The third kappa shape index (κ3) is 3.98. The lowest BCUT2D eigenvalue weighted by molar-refractivity contribution is -0.0431. The van der Waals surface area contributed by atoms with E-state index in [9.17, 15) is 4.79 Å². The Hall–Kier alpha value is -3.04. The molecule has 0 aliphatic carbocycles. The van der Waals surface area contributed by atoms with E-state index in [1.807, 2.05) is 45.0 Å². The predicted octanol–water partition coefficient (Wildman–Crippen LogP) is 5.64. The van der Waals surface area contributed by atoms with Crippen molar-refractivity contribution in [3.8, 4) is 11.5 Å². The minimum absolute atomic E-state index is 0.285. The van der Waals surface area contributed by atoms with Crippen LogP contribution in [0.3, 0.4) is 0 Å². The molecule has 158 valence electrons. The van der Waals surface area contributed by atoms with Crippen molar-refractivity contribution in [1.82, 2.24) is 10.2 Å². The first-order valence-corrected chi connectivity index (χ1v) is 11.4. The number of thioether (sulfide) groups is 1. The average Bonchev–Trinajstić information content (AvgIpc) is 3.39. The molecule has 7 nitrogen and oxygen atoms in total. The highest BCUT2D eigenvalue weighted by Crippen LogP contribution is 2.41. The van der Waals surface area contributed by atoms with Gasteiger partial charge in [-0.15, -0.1) is 10.2 Å². The Kier molecular flexibility index (Phi) is 4.86. The van der Waals surface area contributed by atoms with E-state index >= 15 is 0 Å². The number of furan rings is 1. The van der Waals surface area contributed by atoms with E-state index in [2.05, 4.69) is 15.5 Å². The van der Waals surface area contributed by atoms with Crippen molar-refractivity contribution < 1.29 is 18.7 Å². The molecule has 0 saturated carbocycles. The van der Waals surface area contributed by atoms with Crippen LogP contribution < -0.4 is 14.8 Å². The molecule has 1 aliphatic rings. The van der Waals surface area contributed by atoms with Gasteiger partial charge in [0.15, 0.2) is 21.6 Å². The van der Waals surface area contributed by atoms with Gasteiger partial charge in [0.1, 0.15) is 10.6 Å². The Labute approximate surface area is 186 Å². The topological polar surface area (TPSA) is 86.5 Å². The highest BCUT2D eigenvalue weighted by molar-refractivity contribution is 8.00. The molecule has 9 heteroatoms. The number of amides is 1. The van der Waals surface area contributed by atoms with Gasteiger partial charge < -0.3 is 19.2 Å². The van der Waals surface area contributed by atoms with Crippen LogP contribution in [-0.2, 0) is 5.75 Å². The molecule has 31 heavy (non-hydrogen) atoms. The van der Waals surface area contributed by atoms with Gasteiger partial charge in [0, 0.05) is 42.3 Å². The Bertz CT molecular complexity index is 1300. The highest BCUT2D eigenvalue weighted by Gasteiger charge is 2.32. The lowest BCUT2D eigenvalue weighted by Crippen LogP contribution is -2.29. The summed E-state index contributed by atoms with van der Waals surface area (Å²) in [5.74, 6) is 1.03. The van der Waals surface area contributed by atoms with Crippen LogP contribution in [-0.4, -0.2) is 21.9 Å². The number of nitrogens with zero attached hydrogens (tertiary/aromatic N) is 2. The molecular weight excluding hydrogens is 434 g/mol.